The summed E-state index contributed by atoms with van der Waals surface area (Å²) in [5.41, 5.74) is 3.25. The third-order valence-corrected chi connectivity index (χ3v) is 7.04. The van der Waals surface area contributed by atoms with Gasteiger partial charge in [0.25, 0.3) is 0 Å². The average molecular weight is 297 g/mol. The molecule has 0 heterocycles. The van der Waals surface area contributed by atoms with E-state index in [0.29, 0.717) is 22.3 Å². The second-order valence-corrected chi connectivity index (χ2v) is 9.52. The van der Waals surface area contributed by atoms with Crippen molar-refractivity contribution in [3.05, 3.63) is 35.9 Å². The first-order valence-corrected chi connectivity index (χ1v) is 9.16. The fourth-order valence-electron chi connectivity index (χ4n) is 7.40. The topological polar surface area (TPSA) is 12.0 Å². The van der Waals surface area contributed by atoms with E-state index in [-0.39, 0.29) is 0 Å². The maximum atomic E-state index is 3.74. The van der Waals surface area contributed by atoms with Crippen LogP contribution in [0.1, 0.15) is 57.9 Å². The lowest BCUT2D eigenvalue weighted by Gasteiger charge is -2.67. The van der Waals surface area contributed by atoms with Crippen LogP contribution in [0.3, 0.4) is 0 Å². The summed E-state index contributed by atoms with van der Waals surface area (Å²) in [7, 11) is 2.19. The Morgan fingerprint density at radius 1 is 1.00 bits per heavy atom. The molecule has 0 radical (unpaired) electrons. The highest BCUT2D eigenvalue weighted by Gasteiger charge is 2.61. The molecule has 0 aliphatic heterocycles. The second-order valence-electron chi connectivity index (χ2n) is 9.52. The summed E-state index contributed by atoms with van der Waals surface area (Å²) in [6.07, 6.45) is 10.0. The second kappa shape index (κ2) is 4.84. The van der Waals surface area contributed by atoms with Gasteiger partial charge in [-0.2, -0.15) is 0 Å². The number of hydrogen-bond acceptors (Lipinski definition) is 1. The zero-order valence-electron chi connectivity index (χ0n) is 14.5. The van der Waals surface area contributed by atoms with Gasteiger partial charge in [-0.05, 0) is 79.7 Å². The van der Waals surface area contributed by atoms with Crippen molar-refractivity contribution in [2.45, 2.75) is 64.8 Å². The van der Waals surface area contributed by atoms with E-state index in [2.05, 4.69) is 56.5 Å². The molecule has 0 spiro atoms. The van der Waals surface area contributed by atoms with E-state index in [1.807, 2.05) is 0 Å². The molecular weight excluding hydrogens is 266 g/mol. The molecule has 4 aliphatic rings. The zero-order chi connectivity index (χ0) is 15.4. The quantitative estimate of drug-likeness (QED) is 0.840. The van der Waals surface area contributed by atoms with Gasteiger partial charge in [0.05, 0.1) is 0 Å². The lowest BCUT2D eigenvalue weighted by Crippen LogP contribution is -2.61. The van der Waals surface area contributed by atoms with Crippen molar-refractivity contribution >= 4 is 0 Å². The van der Waals surface area contributed by atoms with Gasteiger partial charge < -0.3 is 5.32 Å². The Morgan fingerprint density at radius 2 is 1.64 bits per heavy atom. The lowest BCUT2D eigenvalue weighted by molar-refractivity contribution is -0.157. The van der Waals surface area contributed by atoms with Gasteiger partial charge in [-0.3, -0.25) is 0 Å². The van der Waals surface area contributed by atoms with E-state index in [0.717, 1.165) is 5.92 Å². The number of rotatable bonds is 4. The smallest absolute Gasteiger partial charge is 0.0161 e. The molecule has 120 valence electrons. The molecule has 1 aromatic rings. The summed E-state index contributed by atoms with van der Waals surface area (Å²) in [6.45, 7) is 5.17. The van der Waals surface area contributed by atoms with Gasteiger partial charge in [-0.25, -0.2) is 0 Å². The molecule has 0 aromatic heterocycles. The first kappa shape index (κ1) is 14.8. The molecule has 1 N–H and O–H groups in total. The molecule has 3 atom stereocenters. The summed E-state index contributed by atoms with van der Waals surface area (Å²) >= 11 is 0. The Hall–Kier alpha value is -0.820. The molecule has 1 aromatic carbocycles. The van der Waals surface area contributed by atoms with Gasteiger partial charge >= 0.3 is 0 Å². The SMILES string of the molecule is CNC(Cc1ccccc1)C12CC3CC(C)(CC(C)(C3)C1)C2. The van der Waals surface area contributed by atoms with E-state index in [1.165, 1.54) is 50.5 Å². The normalized spacial score (nSPS) is 44.2. The Kier molecular flexibility index (Phi) is 3.24. The highest BCUT2D eigenvalue weighted by atomic mass is 14.9. The first-order valence-electron chi connectivity index (χ1n) is 9.16. The fourth-order valence-corrected chi connectivity index (χ4v) is 7.40. The minimum Gasteiger partial charge on any atom is -0.316 e. The highest BCUT2D eigenvalue weighted by molar-refractivity contribution is 5.20. The van der Waals surface area contributed by atoms with Gasteiger partial charge in [0.15, 0.2) is 0 Å². The van der Waals surface area contributed by atoms with Crippen molar-refractivity contribution in [2.24, 2.45) is 22.2 Å². The highest BCUT2D eigenvalue weighted by Crippen LogP contribution is 2.70. The van der Waals surface area contributed by atoms with Crippen molar-refractivity contribution < 1.29 is 0 Å². The van der Waals surface area contributed by atoms with Gasteiger partial charge in [0.2, 0.25) is 0 Å². The predicted octanol–water partition coefficient (Wildman–Crippen LogP) is 4.81. The summed E-state index contributed by atoms with van der Waals surface area (Å²) in [5.74, 6) is 0.984. The molecule has 4 aliphatic carbocycles. The third kappa shape index (κ3) is 2.33. The molecule has 4 bridgehead atoms. The number of nitrogens with one attached hydrogen (secondary N) is 1. The summed E-state index contributed by atoms with van der Waals surface area (Å²) < 4.78 is 0. The van der Waals surface area contributed by atoms with Crippen LogP contribution < -0.4 is 5.32 Å². The van der Waals surface area contributed by atoms with Crippen molar-refractivity contribution in [3.63, 3.8) is 0 Å². The predicted molar refractivity (Wildman–Crippen MR) is 92.8 cm³/mol. The summed E-state index contributed by atoms with van der Waals surface area (Å²) in [4.78, 5) is 0. The van der Waals surface area contributed by atoms with Crippen molar-refractivity contribution in [2.75, 3.05) is 7.05 Å². The minimum atomic E-state index is 0.535. The standard InChI is InChI=1S/C21H31N/c1-19-10-17-11-20(2,13-19)15-21(12-17,14-19)18(22-3)9-16-7-5-4-6-8-16/h4-8,17-18,22H,9-15H2,1-3H3. The molecule has 4 saturated carbocycles. The molecule has 4 fully saturated rings. The molecule has 22 heavy (non-hydrogen) atoms. The maximum absolute atomic E-state index is 3.74. The molecule has 1 nitrogen and oxygen atoms in total. The fraction of sp³-hybridized carbons (Fsp3) is 0.714. The minimum absolute atomic E-state index is 0.535. The lowest BCUT2D eigenvalue weighted by atomic mass is 9.39. The number of benzene rings is 1. The Bertz CT molecular complexity index is 530. The van der Waals surface area contributed by atoms with E-state index in [9.17, 15) is 0 Å². The van der Waals surface area contributed by atoms with Crippen molar-refractivity contribution in [1.29, 1.82) is 0 Å². The molecule has 1 heteroatoms. The number of hydrogen-bond donors (Lipinski definition) is 1. The van der Waals surface area contributed by atoms with Gasteiger partial charge in [0, 0.05) is 6.04 Å². The molecule has 3 unspecified atom stereocenters. The van der Waals surface area contributed by atoms with Crippen LogP contribution in [0.2, 0.25) is 0 Å². The van der Waals surface area contributed by atoms with E-state index >= 15 is 0 Å². The molecule has 0 saturated heterocycles. The summed E-state index contributed by atoms with van der Waals surface area (Å²) in [5, 5.41) is 3.74. The van der Waals surface area contributed by atoms with Crippen molar-refractivity contribution in [3.8, 4) is 0 Å². The van der Waals surface area contributed by atoms with E-state index in [1.54, 1.807) is 0 Å². The van der Waals surface area contributed by atoms with Gasteiger partial charge in [-0.1, -0.05) is 44.2 Å². The number of likely N-dealkylation sites (N-methyl/N-ethyl adjacent to an activating group) is 1. The largest absolute Gasteiger partial charge is 0.316 e. The van der Waals surface area contributed by atoms with E-state index in [4.69, 9.17) is 0 Å². The zero-order valence-corrected chi connectivity index (χ0v) is 14.5. The Balaban J connectivity index is 1.65. The summed E-state index contributed by atoms with van der Waals surface area (Å²) in [6, 6.07) is 11.7. The monoisotopic (exact) mass is 297 g/mol. The van der Waals surface area contributed by atoms with Crippen molar-refractivity contribution in [1.82, 2.24) is 5.32 Å². The molecule has 5 rings (SSSR count). The van der Waals surface area contributed by atoms with Crippen LogP contribution in [-0.4, -0.2) is 13.1 Å². The van der Waals surface area contributed by atoms with Crippen LogP contribution in [0.5, 0.6) is 0 Å². The Labute approximate surface area is 135 Å². The molecule has 0 amide bonds. The molecular formula is C21H31N. The Morgan fingerprint density at radius 3 is 2.18 bits per heavy atom. The first-order chi connectivity index (χ1) is 10.4. The van der Waals surface area contributed by atoms with Gasteiger partial charge in [-0.15, -0.1) is 0 Å². The van der Waals surface area contributed by atoms with Crippen LogP contribution in [0.15, 0.2) is 30.3 Å². The maximum Gasteiger partial charge on any atom is 0.0161 e. The van der Waals surface area contributed by atoms with Crippen LogP contribution in [0, 0.1) is 22.2 Å². The van der Waals surface area contributed by atoms with Crippen LogP contribution in [0.25, 0.3) is 0 Å². The third-order valence-electron chi connectivity index (χ3n) is 7.04. The van der Waals surface area contributed by atoms with Crippen LogP contribution in [0.4, 0.5) is 0 Å². The van der Waals surface area contributed by atoms with Gasteiger partial charge in [0.1, 0.15) is 0 Å². The average Bonchev–Trinajstić information content (AvgIpc) is 2.41. The van der Waals surface area contributed by atoms with E-state index < -0.39 is 0 Å². The van der Waals surface area contributed by atoms with Crippen LogP contribution >= 0.6 is 0 Å². The van der Waals surface area contributed by atoms with Crippen LogP contribution in [-0.2, 0) is 6.42 Å².